The molecule has 0 atom stereocenters. The van der Waals surface area contributed by atoms with Gasteiger partial charge in [-0.3, -0.25) is 47.9 Å². The largest absolute Gasteiger partial charge is 0.356 e. The van der Waals surface area contributed by atoms with Gasteiger partial charge in [0.1, 0.15) is 11.6 Å². The van der Waals surface area contributed by atoms with Crippen LogP contribution < -0.4 is 43.8 Å². The fraction of sp³-hybridized carbons (Fsp3) is 0.324. The molecule has 6 N–H and O–H groups in total. The zero-order valence-electron chi connectivity index (χ0n) is 28.9. The number of aliphatic imine (C=N–C) groups is 1. The topological polar surface area (TPSA) is 243 Å². The number of nitrogens with one attached hydrogen (secondary N) is 6. The Morgan fingerprint density at radius 2 is 1.17 bits per heavy atom. The van der Waals surface area contributed by atoms with E-state index in [4.69, 9.17) is 0 Å². The third kappa shape index (κ3) is 11.2. The Hall–Kier alpha value is -6.59. The van der Waals surface area contributed by atoms with Crippen molar-refractivity contribution in [1.82, 2.24) is 34.3 Å². The van der Waals surface area contributed by atoms with Crippen molar-refractivity contribution in [3.8, 4) is 0 Å². The molecule has 0 fully saturated rings. The summed E-state index contributed by atoms with van der Waals surface area (Å²) in [6.07, 6.45) is 4.48. The molecule has 0 saturated carbocycles. The van der Waals surface area contributed by atoms with E-state index < -0.39 is 22.5 Å². The molecule has 0 aliphatic heterocycles. The second kappa shape index (κ2) is 17.9. The van der Waals surface area contributed by atoms with Gasteiger partial charge in [0, 0.05) is 94.3 Å². The minimum absolute atomic E-state index is 0.0000333. The fourth-order valence-electron chi connectivity index (χ4n) is 4.80. The first-order valence-corrected chi connectivity index (χ1v) is 16.3. The van der Waals surface area contributed by atoms with Gasteiger partial charge in [-0.15, -0.1) is 0 Å². The number of rotatable bonds is 16. The van der Waals surface area contributed by atoms with E-state index in [2.05, 4.69) is 36.2 Å². The van der Waals surface area contributed by atoms with Crippen LogP contribution >= 0.6 is 0 Å². The molecule has 0 unspecified atom stereocenters. The molecule has 0 aliphatic rings. The van der Waals surface area contributed by atoms with E-state index in [1.165, 1.54) is 21.5 Å². The number of nitrogens with zero attached hydrogens (tertiary/aromatic N) is 4. The summed E-state index contributed by atoms with van der Waals surface area (Å²) in [4.78, 5) is 105. The van der Waals surface area contributed by atoms with Crippen molar-refractivity contribution in [3.05, 3.63) is 107 Å². The van der Waals surface area contributed by atoms with Gasteiger partial charge in [0.05, 0.1) is 0 Å². The van der Waals surface area contributed by atoms with Crippen molar-refractivity contribution in [2.45, 2.75) is 52.6 Å². The summed E-state index contributed by atoms with van der Waals surface area (Å²) in [6.45, 7) is 3.50. The summed E-state index contributed by atoms with van der Waals surface area (Å²) in [5.41, 5.74) is -0.104. The molecule has 52 heavy (non-hydrogen) atoms. The van der Waals surface area contributed by atoms with Gasteiger partial charge < -0.3 is 25.8 Å². The Morgan fingerprint density at radius 1 is 0.673 bits per heavy atom. The van der Waals surface area contributed by atoms with Crippen LogP contribution in [-0.2, 0) is 39.3 Å². The van der Waals surface area contributed by atoms with Gasteiger partial charge in [0.25, 0.3) is 11.1 Å². The molecule has 4 amide bonds. The number of benzene rings is 1. The Morgan fingerprint density at radius 3 is 1.69 bits per heavy atom. The van der Waals surface area contributed by atoms with Gasteiger partial charge in [-0.25, -0.2) is 14.6 Å². The third-order valence-electron chi connectivity index (χ3n) is 7.79. The van der Waals surface area contributed by atoms with E-state index >= 15 is 0 Å². The zero-order chi connectivity index (χ0) is 37.8. The lowest BCUT2D eigenvalue weighted by Crippen LogP contribution is -2.33. The molecule has 0 bridgehead atoms. The monoisotopic (exact) mass is 716 g/mol. The minimum atomic E-state index is -0.596. The van der Waals surface area contributed by atoms with Crippen LogP contribution in [-0.4, -0.2) is 66.6 Å². The predicted molar refractivity (Wildman–Crippen MR) is 193 cm³/mol. The van der Waals surface area contributed by atoms with Crippen LogP contribution in [0.2, 0.25) is 0 Å². The number of hydrogen-bond donors (Lipinski definition) is 6. The number of anilines is 2. The molecule has 4 rings (SSSR count). The summed E-state index contributed by atoms with van der Waals surface area (Å²) in [6, 6.07) is 10.4. The molecule has 1 aromatic carbocycles. The molecule has 3 aromatic heterocycles. The SMILES string of the molecule is Cc1cn(CCC(=O)NCCC(=O)Nc2ccc(C=Nc3ccc(NC(=O)CCNC(=O)CCn4cc(C)c(=O)[nH]c4=O)n3C)cc2)c(=O)[nH]c1=O. The maximum atomic E-state index is 12.5. The highest BCUT2D eigenvalue weighted by molar-refractivity contribution is 5.92. The van der Waals surface area contributed by atoms with E-state index in [1.54, 1.807) is 68.1 Å². The average Bonchev–Trinajstić information content (AvgIpc) is 3.44. The standard InChI is InChI=1S/C34H40N10O8/c1-21-19-43(33(51)40-31(21)49)16-12-27(45)35-14-10-29(47)38-24-6-4-23(5-7-24)18-37-25-8-9-26(42(25)3)39-30(48)11-15-36-28(46)13-17-44-20-22(2)32(50)41-34(44)52/h4-9,18-20H,10-17H2,1-3H3,(H,35,45)(H,36,46)(H,38,47)(H,39,48)(H,40,49,51)(H,41,50,52). The number of aromatic amines is 2. The van der Waals surface area contributed by atoms with Crippen LogP contribution in [0.4, 0.5) is 17.3 Å². The molecular weight excluding hydrogens is 676 g/mol. The second-order valence-electron chi connectivity index (χ2n) is 11.8. The number of carbonyl (C=O) groups excluding carboxylic acids is 4. The second-order valence-corrected chi connectivity index (χ2v) is 11.8. The molecule has 18 nitrogen and oxygen atoms in total. The lowest BCUT2D eigenvalue weighted by atomic mass is 10.2. The minimum Gasteiger partial charge on any atom is -0.356 e. The molecule has 4 aromatic rings. The van der Waals surface area contributed by atoms with Crippen molar-refractivity contribution < 1.29 is 19.2 Å². The Balaban J connectivity index is 1.14. The maximum absolute atomic E-state index is 12.5. The fourth-order valence-corrected chi connectivity index (χ4v) is 4.80. The van der Waals surface area contributed by atoms with Gasteiger partial charge in [-0.1, -0.05) is 12.1 Å². The number of hydrogen-bond acceptors (Lipinski definition) is 9. The van der Waals surface area contributed by atoms with Crippen LogP contribution in [0.5, 0.6) is 0 Å². The predicted octanol–water partition coefficient (Wildman–Crippen LogP) is 0.163. The first kappa shape index (κ1) is 38.2. The highest BCUT2D eigenvalue weighted by Gasteiger charge is 2.11. The van der Waals surface area contributed by atoms with Crippen LogP contribution in [0.1, 0.15) is 42.4 Å². The number of aryl methyl sites for hydroxylation is 4. The van der Waals surface area contributed by atoms with Crippen molar-refractivity contribution in [2.24, 2.45) is 12.0 Å². The average molecular weight is 717 g/mol. The molecule has 274 valence electrons. The first-order chi connectivity index (χ1) is 24.8. The van der Waals surface area contributed by atoms with E-state index in [0.29, 0.717) is 28.5 Å². The molecule has 3 heterocycles. The van der Waals surface area contributed by atoms with Gasteiger partial charge in [0.2, 0.25) is 23.6 Å². The zero-order valence-corrected chi connectivity index (χ0v) is 28.9. The third-order valence-corrected chi connectivity index (χ3v) is 7.79. The van der Waals surface area contributed by atoms with Crippen LogP contribution in [0, 0.1) is 13.8 Å². The summed E-state index contributed by atoms with van der Waals surface area (Å²) in [7, 11) is 1.74. The summed E-state index contributed by atoms with van der Waals surface area (Å²) < 4.78 is 4.19. The quantitative estimate of drug-likeness (QED) is 0.0871. The van der Waals surface area contributed by atoms with Crippen molar-refractivity contribution in [3.63, 3.8) is 0 Å². The van der Waals surface area contributed by atoms with Crippen molar-refractivity contribution in [2.75, 3.05) is 23.7 Å². The number of carbonyl (C=O) groups is 4. The van der Waals surface area contributed by atoms with Gasteiger partial charge in [-0.05, 0) is 43.7 Å². The number of aromatic nitrogens is 5. The highest BCUT2D eigenvalue weighted by Crippen LogP contribution is 2.20. The normalized spacial score (nSPS) is 11.0. The van der Waals surface area contributed by atoms with E-state index in [1.807, 2.05) is 0 Å². The summed E-state index contributed by atoms with van der Waals surface area (Å²) in [5, 5.41) is 10.8. The van der Waals surface area contributed by atoms with E-state index in [-0.39, 0.29) is 75.5 Å². The molecular formula is C34H40N10O8. The maximum Gasteiger partial charge on any atom is 0.328 e. The summed E-state index contributed by atoms with van der Waals surface area (Å²) >= 11 is 0. The van der Waals surface area contributed by atoms with Gasteiger partial charge >= 0.3 is 11.4 Å². The molecule has 18 heteroatoms. The van der Waals surface area contributed by atoms with E-state index in [0.717, 1.165) is 5.56 Å². The lowest BCUT2D eigenvalue weighted by Gasteiger charge is -2.09. The molecule has 0 spiro atoms. The van der Waals surface area contributed by atoms with Gasteiger partial charge in [-0.2, -0.15) is 0 Å². The van der Waals surface area contributed by atoms with Crippen LogP contribution in [0.3, 0.4) is 0 Å². The summed E-state index contributed by atoms with van der Waals surface area (Å²) in [5.74, 6) is -0.231. The van der Waals surface area contributed by atoms with E-state index in [9.17, 15) is 38.4 Å². The van der Waals surface area contributed by atoms with Crippen molar-refractivity contribution >= 4 is 47.2 Å². The highest BCUT2D eigenvalue weighted by atomic mass is 16.2. The Bertz CT molecular complexity index is 2210. The van der Waals surface area contributed by atoms with Crippen LogP contribution in [0.25, 0.3) is 0 Å². The first-order valence-electron chi connectivity index (χ1n) is 16.3. The molecule has 0 aliphatic carbocycles. The van der Waals surface area contributed by atoms with Crippen molar-refractivity contribution in [1.29, 1.82) is 0 Å². The Kier molecular flexibility index (Phi) is 13.1. The number of H-pyrrole nitrogens is 2. The van der Waals surface area contributed by atoms with Gasteiger partial charge in [0.15, 0.2) is 0 Å². The van der Waals surface area contributed by atoms with Crippen LogP contribution in [0.15, 0.2) is 73.0 Å². The smallest absolute Gasteiger partial charge is 0.328 e. The number of amides is 4. The Labute approximate surface area is 296 Å². The lowest BCUT2D eigenvalue weighted by molar-refractivity contribution is -0.122. The molecule has 0 radical (unpaired) electrons. The molecule has 0 saturated heterocycles.